The van der Waals surface area contributed by atoms with Gasteiger partial charge in [0.25, 0.3) is 0 Å². The van der Waals surface area contributed by atoms with Gasteiger partial charge in [-0.2, -0.15) is 4.31 Å². The monoisotopic (exact) mass is 482 g/mol. The maximum absolute atomic E-state index is 13.3. The first-order valence-corrected chi connectivity index (χ1v) is 13.4. The van der Waals surface area contributed by atoms with Crippen molar-refractivity contribution in [1.82, 2.24) is 9.29 Å². The lowest BCUT2D eigenvalue weighted by Gasteiger charge is -2.30. The third-order valence-corrected chi connectivity index (χ3v) is 9.04. The van der Waals surface area contributed by atoms with Crippen molar-refractivity contribution in [2.45, 2.75) is 56.9 Å². The molecular weight excluding hydrogens is 452 g/mol. The molecule has 2 amide bonds. The molecule has 3 heterocycles. The third-order valence-electron chi connectivity index (χ3n) is 7.14. The molecule has 1 aliphatic carbocycles. The SMILES string of the molecule is Cc1cccnc1NC(=O)C1CCN(S(=O)(=O)c2ccc3c(c2)C[C@H](C)N3C(=O)C2CC2)CC1. The van der Waals surface area contributed by atoms with Crippen LogP contribution in [-0.2, 0) is 26.0 Å². The van der Waals surface area contributed by atoms with Gasteiger partial charge in [0.15, 0.2) is 0 Å². The number of aromatic nitrogens is 1. The molecular formula is C25H30N4O4S. The summed E-state index contributed by atoms with van der Waals surface area (Å²) in [6.45, 7) is 4.48. The van der Waals surface area contributed by atoms with Crippen molar-refractivity contribution >= 4 is 33.3 Å². The first-order chi connectivity index (χ1) is 16.3. The van der Waals surface area contributed by atoms with E-state index in [0.29, 0.717) is 38.2 Å². The molecule has 34 heavy (non-hydrogen) atoms. The van der Waals surface area contributed by atoms with Gasteiger partial charge in [-0.25, -0.2) is 13.4 Å². The molecule has 0 radical (unpaired) electrons. The molecule has 1 aromatic heterocycles. The second-order valence-electron chi connectivity index (χ2n) is 9.66. The fourth-order valence-electron chi connectivity index (χ4n) is 4.97. The molecule has 180 valence electrons. The molecule has 1 atom stereocenters. The molecule has 1 saturated heterocycles. The fraction of sp³-hybridized carbons (Fsp3) is 0.480. The molecule has 1 N–H and O–H groups in total. The van der Waals surface area contributed by atoms with Crippen LogP contribution in [0.5, 0.6) is 0 Å². The third kappa shape index (κ3) is 4.22. The lowest BCUT2D eigenvalue weighted by molar-refractivity contribution is -0.121. The number of sulfonamides is 1. The minimum atomic E-state index is -3.67. The second kappa shape index (κ2) is 8.78. The van der Waals surface area contributed by atoms with Crippen LogP contribution < -0.4 is 10.2 Å². The van der Waals surface area contributed by atoms with Crippen LogP contribution in [0.25, 0.3) is 0 Å². The predicted octanol–water partition coefficient (Wildman–Crippen LogP) is 3.12. The van der Waals surface area contributed by atoms with Gasteiger partial charge >= 0.3 is 0 Å². The average molecular weight is 483 g/mol. The van der Waals surface area contributed by atoms with Gasteiger partial charge in [0.1, 0.15) is 5.82 Å². The van der Waals surface area contributed by atoms with Gasteiger partial charge in [-0.3, -0.25) is 9.59 Å². The zero-order chi connectivity index (χ0) is 24.0. The summed E-state index contributed by atoms with van der Waals surface area (Å²) in [5.41, 5.74) is 2.63. The van der Waals surface area contributed by atoms with Crippen LogP contribution in [0.1, 0.15) is 43.7 Å². The number of carbonyl (C=O) groups is 2. The Morgan fingerprint density at radius 1 is 1.06 bits per heavy atom. The van der Waals surface area contributed by atoms with Gasteiger partial charge in [0, 0.05) is 42.9 Å². The van der Waals surface area contributed by atoms with E-state index in [1.54, 1.807) is 24.4 Å². The molecule has 0 unspecified atom stereocenters. The summed E-state index contributed by atoms with van der Waals surface area (Å²) in [7, 11) is -3.67. The van der Waals surface area contributed by atoms with Crippen molar-refractivity contribution in [2.75, 3.05) is 23.3 Å². The molecule has 0 spiro atoms. The quantitative estimate of drug-likeness (QED) is 0.706. The number of nitrogens with zero attached hydrogens (tertiary/aromatic N) is 3. The number of aryl methyl sites for hydroxylation is 1. The van der Waals surface area contributed by atoms with Crippen molar-refractivity contribution in [2.24, 2.45) is 11.8 Å². The zero-order valence-corrected chi connectivity index (χ0v) is 20.3. The van der Waals surface area contributed by atoms with Crippen molar-refractivity contribution < 1.29 is 18.0 Å². The number of anilines is 2. The van der Waals surface area contributed by atoms with Crippen molar-refractivity contribution in [3.8, 4) is 0 Å². The van der Waals surface area contributed by atoms with E-state index in [-0.39, 0.29) is 34.6 Å². The molecule has 2 aromatic rings. The van der Waals surface area contributed by atoms with Crippen LogP contribution in [0.15, 0.2) is 41.4 Å². The average Bonchev–Trinajstić information content (AvgIpc) is 3.62. The number of nitrogens with one attached hydrogen (secondary N) is 1. The smallest absolute Gasteiger partial charge is 0.243 e. The second-order valence-corrected chi connectivity index (χ2v) is 11.6. The van der Waals surface area contributed by atoms with Gasteiger partial charge in [0.05, 0.1) is 4.90 Å². The van der Waals surface area contributed by atoms with E-state index < -0.39 is 10.0 Å². The number of carbonyl (C=O) groups excluding carboxylic acids is 2. The first kappa shape index (κ1) is 23.0. The first-order valence-electron chi connectivity index (χ1n) is 11.9. The topological polar surface area (TPSA) is 99.7 Å². The number of piperidine rings is 1. The number of benzene rings is 1. The fourth-order valence-corrected chi connectivity index (χ4v) is 6.49. The standard InChI is InChI=1S/C25H30N4O4S/c1-16-4-3-11-26-23(16)27-24(30)18-9-12-28(13-10-18)34(32,33)21-7-8-22-20(15-21)14-17(2)29(22)25(31)19-5-6-19/h3-4,7-8,11,15,17-19H,5-6,9-10,12-14H2,1-2H3,(H,26,27,30)/t17-/m0/s1. The highest BCUT2D eigenvalue weighted by atomic mass is 32.2. The van der Waals surface area contributed by atoms with Gasteiger partial charge < -0.3 is 10.2 Å². The normalized spacial score (nSPS) is 21.4. The molecule has 9 heteroatoms. The zero-order valence-electron chi connectivity index (χ0n) is 19.5. The van der Waals surface area contributed by atoms with Gasteiger partial charge in [-0.1, -0.05) is 6.07 Å². The van der Waals surface area contributed by atoms with E-state index in [2.05, 4.69) is 10.3 Å². The van der Waals surface area contributed by atoms with Crippen LogP contribution in [0.4, 0.5) is 11.5 Å². The van der Waals surface area contributed by atoms with E-state index in [1.165, 1.54) is 4.31 Å². The van der Waals surface area contributed by atoms with Crippen LogP contribution in [0.3, 0.4) is 0 Å². The van der Waals surface area contributed by atoms with E-state index in [4.69, 9.17) is 0 Å². The summed E-state index contributed by atoms with van der Waals surface area (Å²) >= 11 is 0. The Labute approximate surface area is 200 Å². The Morgan fingerprint density at radius 3 is 2.47 bits per heavy atom. The lowest BCUT2D eigenvalue weighted by Crippen LogP contribution is -2.41. The Kier molecular flexibility index (Phi) is 5.93. The van der Waals surface area contributed by atoms with Gasteiger partial charge in [0.2, 0.25) is 21.8 Å². The number of amides is 2. The summed E-state index contributed by atoms with van der Waals surface area (Å²) in [5, 5.41) is 2.87. The van der Waals surface area contributed by atoms with Crippen LogP contribution in [-0.4, -0.2) is 48.7 Å². The van der Waals surface area contributed by atoms with Crippen molar-refractivity contribution in [1.29, 1.82) is 0 Å². The Hall–Kier alpha value is -2.78. The van der Waals surface area contributed by atoms with Crippen molar-refractivity contribution in [3.05, 3.63) is 47.7 Å². The van der Waals surface area contributed by atoms with E-state index in [0.717, 1.165) is 29.7 Å². The molecule has 1 aromatic carbocycles. The minimum absolute atomic E-state index is 0.0399. The molecule has 8 nitrogen and oxygen atoms in total. The number of hydrogen-bond acceptors (Lipinski definition) is 5. The predicted molar refractivity (Wildman–Crippen MR) is 129 cm³/mol. The van der Waals surface area contributed by atoms with Gasteiger partial charge in [-0.15, -0.1) is 0 Å². The van der Waals surface area contributed by atoms with Crippen LogP contribution in [0.2, 0.25) is 0 Å². The number of pyridine rings is 1. The summed E-state index contributed by atoms with van der Waals surface area (Å²) in [6.07, 6.45) is 5.10. The molecule has 1 saturated carbocycles. The molecule has 0 bridgehead atoms. The van der Waals surface area contributed by atoms with E-state index >= 15 is 0 Å². The highest BCUT2D eigenvalue weighted by Crippen LogP contribution is 2.40. The summed E-state index contributed by atoms with van der Waals surface area (Å²) in [6, 6.07) is 8.86. The Balaban J connectivity index is 1.26. The van der Waals surface area contributed by atoms with Crippen LogP contribution >= 0.6 is 0 Å². The summed E-state index contributed by atoms with van der Waals surface area (Å²) < 4.78 is 28.2. The number of fused-ring (bicyclic) bond motifs is 1. The summed E-state index contributed by atoms with van der Waals surface area (Å²) in [4.78, 5) is 31.7. The largest absolute Gasteiger partial charge is 0.310 e. The lowest BCUT2D eigenvalue weighted by atomic mass is 9.97. The molecule has 2 aliphatic heterocycles. The van der Waals surface area contributed by atoms with Crippen LogP contribution in [0, 0.1) is 18.8 Å². The molecule has 5 rings (SSSR count). The molecule has 2 fully saturated rings. The number of hydrogen-bond donors (Lipinski definition) is 1. The van der Waals surface area contributed by atoms with Crippen molar-refractivity contribution in [3.63, 3.8) is 0 Å². The maximum Gasteiger partial charge on any atom is 0.243 e. The Morgan fingerprint density at radius 2 is 1.79 bits per heavy atom. The highest BCUT2D eigenvalue weighted by Gasteiger charge is 2.40. The molecule has 3 aliphatic rings. The summed E-state index contributed by atoms with van der Waals surface area (Å²) in [5.74, 6) is 0.450. The highest BCUT2D eigenvalue weighted by molar-refractivity contribution is 7.89. The van der Waals surface area contributed by atoms with E-state index in [1.807, 2.05) is 30.9 Å². The minimum Gasteiger partial charge on any atom is -0.310 e. The van der Waals surface area contributed by atoms with Gasteiger partial charge in [-0.05, 0) is 81.3 Å². The van der Waals surface area contributed by atoms with E-state index in [9.17, 15) is 18.0 Å². The maximum atomic E-state index is 13.3. The Bertz CT molecular complexity index is 1230. The number of rotatable bonds is 5.